The molecule has 0 aliphatic carbocycles. The van der Waals surface area contributed by atoms with E-state index in [9.17, 15) is 0 Å². The van der Waals surface area contributed by atoms with Gasteiger partial charge in [-0.2, -0.15) is 0 Å². The first-order valence-corrected chi connectivity index (χ1v) is 26.7. The summed E-state index contributed by atoms with van der Waals surface area (Å²) in [7, 11) is 0. The average molecular weight is 970 g/mol. The topological polar surface area (TPSA) is 106 Å². The lowest BCUT2D eigenvalue weighted by Crippen LogP contribution is -1.97. The molecule has 7 rings (SSSR count). The molecule has 3 heterocycles. The van der Waals surface area contributed by atoms with Gasteiger partial charge in [0.15, 0.2) is 17.3 Å². The van der Waals surface area contributed by atoms with Crippen LogP contribution in [-0.4, -0.2) is 35.3 Å². The maximum atomic E-state index is 6.07. The van der Waals surface area contributed by atoms with Crippen molar-refractivity contribution >= 4 is 0 Å². The second kappa shape index (κ2) is 30.1. The minimum atomic E-state index is 0.593. The molecule has 0 N–H and O–H groups in total. The highest BCUT2D eigenvalue weighted by molar-refractivity contribution is 5.80. The Balaban J connectivity index is 1.02. The smallest absolute Gasteiger partial charge is 0.167 e. The van der Waals surface area contributed by atoms with Gasteiger partial charge in [0, 0.05) is 51.6 Å². The van der Waals surface area contributed by atoms with E-state index >= 15 is 0 Å². The monoisotopic (exact) mass is 970 g/mol. The number of benzene rings is 4. The Morgan fingerprint density at radius 3 is 0.819 bits per heavy atom. The summed E-state index contributed by atoms with van der Waals surface area (Å²) in [5, 5.41) is 13.5. The molecule has 9 heteroatoms. The van der Waals surface area contributed by atoms with E-state index in [2.05, 4.69) is 35.2 Å². The lowest BCUT2D eigenvalue weighted by molar-refractivity contribution is 0.304. The van der Waals surface area contributed by atoms with Gasteiger partial charge in [0.05, 0.1) is 19.8 Å². The summed E-state index contributed by atoms with van der Waals surface area (Å²) in [5.41, 5.74) is 7.31. The van der Waals surface area contributed by atoms with Crippen LogP contribution >= 0.6 is 0 Å². The fourth-order valence-corrected chi connectivity index (χ4v) is 8.73. The quantitative estimate of drug-likeness (QED) is 0.0281. The number of hydrogen-bond acceptors (Lipinski definition) is 9. The molecule has 0 bridgehead atoms. The summed E-state index contributed by atoms with van der Waals surface area (Å²) in [6, 6.07) is 36.0. The van der Waals surface area contributed by atoms with Crippen LogP contribution in [0.4, 0.5) is 0 Å². The summed E-state index contributed by atoms with van der Waals surface area (Å²) >= 11 is 0. The maximum absolute atomic E-state index is 6.07. The van der Waals surface area contributed by atoms with E-state index in [0.717, 1.165) is 89.2 Å². The maximum Gasteiger partial charge on any atom is 0.167 e. The largest absolute Gasteiger partial charge is 0.494 e. The van der Waals surface area contributed by atoms with Gasteiger partial charge in [-0.25, -0.2) is 0 Å². The van der Waals surface area contributed by atoms with Gasteiger partial charge in [-0.3, -0.25) is 0 Å². The summed E-state index contributed by atoms with van der Waals surface area (Å²) in [6.45, 7) is 13.6. The van der Waals surface area contributed by atoms with Crippen LogP contribution in [-0.2, 0) is 0 Å². The van der Waals surface area contributed by atoms with Crippen LogP contribution in [0.3, 0.4) is 0 Å². The molecule has 0 atom stereocenters. The van der Waals surface area contributed by atoms with Crippen molar-refractivity contribution in [3.8, 4) is 85.0 Å². The van der Waals surface area contributed by atoms with E-state index in [4.69, 9.17) is 27.8 Å². The van der Waals surface area contributed by atoms with Gasteiger partial charge in [-0.15, -0.1) is 19.7 Å². The molecule has 72 heavy (non-hydrogen) atoms. The molecule has 0 spiro atoms. The lowest BCUT2D eigenvalue weighted by atomic mass is 9.99. The first-order valence-electron chi connectivity index (χ1n) is 26.7. The number of nitrogens with zero attached hydrogens (tertiary/aromatic N) is 3. The molecule has 4 aromatic carbocycles. The summed E-state index contributed by atoms with van der Waals surface area (Å²) in [5.74, 6) is 4.31. The highest BCUT2D eigenvalue weighted by Crippen LogP contribution is 2.37. The van der Waals surface area contributed by atoms with E-state index in [0.29, 0.717) is 54.2 Å². The molecular formula is C63H75N3O6. The Kier molecular flexibility index (Phi) is 22.1. The molecule has 0 amide bonds. The lowest BCUT2D eigenvalue weighted by Gasteiger charge is -2.07. The third-order valence-electron chi connectivity index (χ3n) is 13.0. The molecule has 3 aromatic heterocycles. The Morgan fingerprint density at radius 1 is 0.306 bits per heavy atom. The van der Waals surface area contributed by atoms with Crippen molar-refractivity contribution in [2.24, 2.45) is 0 Å². The molecule has 9 nitrogen and oxygen atoms in total. The van der Waals surface area contributed by atoms with Gasteiger partial charge >= 0.3 is 0 Å². The zero-order chi connectivity index (χ0) is 49.8. The highest BCUT2D eigenvalue weighted by Gasteiger charge is 2.18. The van der Waals surface area contributed by atoms with Gasteiger partial charge in [0.25, 0.3) is 0 Å². The Bertz CT molecular complexity index is 2340. The molecule has 0 aliphatic rings. The number of hydrogen-bond donors (Lipinski definition) is 0. The van der Waals surface area contributed by atoms with Crippen molar-refractivity contribution in [1.82, 2.24) is 15.5 Å². The predicted octanol–water partition coefficient (Wildman–Crippen LogP) is 18.5. The van der Waals surface area contributed by atoms with Crippen molar-refractivity contribution < 1.29 is 27.8 Å². The van der Waals surface area contributed by atoms with Gasteiger partial charge < -0.3 is 27.8 Å². The van der Waals surface area contributed by atoms with E-state index in [1.54, 1.807) is 0 Å². The van der Waals surface area contributed by atoms with Crippen LogP contribution in [0.1, 0.15) is 135 Å². The van der Waals surface area contributed by atoms with Crippen molar-refractivity contribution in [2.75, 3.05) is 19.8 Å². The first kappa shape index (κ1) is 52.9. The van der Waals surface area contributed by atoms with Gasteiger partial charge in [-0.1, -0.05) is 111 Å². The van der Waals surface area contributed by atoms with Crippen molar-refractivity contribution in [2.45, 2.75) is 135 Å². The Morgan fingerprint density at radius 2 is 0.556 bits per heavy atom. The van der Waals surface area contributed by atoms with Crippen LogP contribution in [0.5, 0.6) is 17.2 Å². The molecule has 0 aliphatic heterocycles. The van der Waals surface area contributed by atoms with Gasteiger partial charge in [0.2, 0.25) is 0 Å². The number of ether oxygens (including phenoxy) is 3. The Labute approximate surface area is 428 Å². The zero-order valence-electron chi connectivity index (χ0n) is 42.5. The van der Waals surface area contributed by atoms with E-state index in [1.165, 1.54) is 96.3 Å². The summed E-state index contributed by atoms with van der Waals surface area (Å²) < 4.78 is 36.3. The molecule has 7 aromatic rings. The van der Waals surface area contributed by atoms with Crippen molar-refractivity contribution in [3.63, 3.8) is 0 Å². The fraction of sp³-hybridized carbons (Fsp3) is 0.381. The van der Waals surface area contributed by atoms with Crippen molar-refractivity contribution in [3.05, 3.63) is 147 Å². The molecule has 0 saturated carbocycles. The molecule has 0 radical (unpaired) electrons. The molecule has 378 valence electrons. The zero-order valence-corrected chi connectivity index (χ0v) is 42.5. The number of unbranched alkanes of at least 4 members (excludes halogenated alkanes) is 18. The average Bonchev–Trinajstić information content (AvgIpc) is 4.24. The molecule has 0 fully saturated rings. The molecule has 0 saturated heterocycles. The standard InChI is InChI=1S/C63H75N3O6/c1-4-7-10-13-16-19-22-25-40-67-55-34-28-49(29-35-55)58-46-61(70-64-58)52-43-53(62-47-59(65-71-62)50-30-36-56(37-31-50)68-41-26-23-20-17-14-11-8-5-2)45-54(44-52)63-48-60(66-72-63)51-32-38-57(39-33-51)69-42-27-24-21-18-15-12-9-6-3/h4-6,28-39,43-48H,1-3,7-27,40-42H2. The number of aromatic nitrogens is 3. The van der Waals surface area contributed by atoms with E-state index in [1.807, 2.05) is 127 Å². The normalized spacial score (nSPS) is 11.2. The van der Waals surface area contributed by atoms with Gasteiger partial charge in [-0.05, 0) is 149 Å². The van der Waals surface area contributed by atoms with Crippen LogP contribution in [0.2, 0.25) is 0 Å². The molecule has 0 unspecified atom stereocenters. The highest BCUT2D eigenvalue weighted by atomic mass is 16.5. The van der Waals surface area contributed by atoms with Crippen LogP contribution < -0.4 is 14.2 Å². The second-order valence-electron chi connectivity index (χ2n) is 18.7. The van der Waals surface area contributed by atoms with Crippen LogP contribution in [0.25, 0.3) is 67.7 Å². The summed E-state index contributed by atoms with van der Waals surface area (Å²) in [6.07, 6.45) is 31.0. The first-order chi connectivity index (χ1) is 35.6. The fourth-order valence-electron chi connectivity index (χ4n) is 8.73. The third-order valence-corrected chi connectivity index (χ3v) is 13.0. The Hall–Kier alpha value is -6.87. The minimum absolute atomic E-state index is 0.593. The SMILES string of the molecule is C=CCCCCCCCCOc1ccc(-c2cc(-c3cc(-c4cc(-c5ccc(OCCCCCCCCC=C)cc5)no4)cc(-c4cc(-c5ccc(OCCCCCCCCC=C)cc5)no4)c3)on2)cc1. The van der Waals surface area contributed by atoms with E-state index < -0.39 is 0 Å². The number of rotatable bonds is 36. The summed E-state index contributed by atoms with van der Waals surface area (Å²) in [4.78, 5) is 0. The van der Waals surface area contributed by atoms with Crippen molar-refractivity contribution in [1.29, 1.82) is 0 Å². The van der Waals surface area contributed by atoms with Crippen LogP contribution in [0, 0.1) is 0 Å². The van der Waals surface area contributed by atoms with Gasteiger partial charge in [0.1, 0.15) is 34.3 Å². The number of allylic oxidation sites excluding steroid dienone is 3. The molecular weight excluding hydrogens is 895 g/mol. The predicted molar refractivity (Wildman–Crippen MR) is 293 cm³/mol. The second-order valence-corrected chi connectivity index (χ2v) is 18.7. The van der Waals surface area contributed by atoms with E-state index in [-0.39, 0.29) is 0 Å². The van der Waals surface area contributed by atoms with Crippen LogP contribution in [0.15, 0.2) is 161 Å². The minimum Gasteiger partial charge on any atom is -0.494 e. The third kappa shape index (κ3) is 17.2.